The van der Waals surface area contributed by atoms with E-state index in [-0.39, 0.29) is 64.7 Å². The van der Waals surface area contributed by atoms with Crippen molar-refractivity contribution in [3.05, 3.63) is 30.3 Å². The standard InChI is InChI=1S/Er.3HNO3.5H2O/c;3*2-1(3)4;;;;;/h;3*(H,2,3,4);5*1H2/q+3;;;;;;;;. The van der Waals surface area contributed by atoms with Crippen LogP contribution >= 0.6 is 0 Å². The summed E-state index contributed by atoms with van der Waals surface area (Å²) in [5, 5.41) is 40.9. The first-order valence-corrected chi connectivity index (χ1v) is 1.70. The molecule has 0 heterocycles. The summed E-state index contributed by atoms with van der Waals surface area (Å²) in [6, 6.07) is 0. The molecule has 0 aromatic carbocycles. The van der Waals surface area contributed by atoms with Gasteiger partial charge in [0.15, 0.2) is 0 Å². The molecule has 121 valence electrons. The van der Waals surface area contributed by atoms with E-state index in [9.17, 15) is 0 Å². The SMILES string of the molecule is O.O.O.O.O.O=[N+]([O-])O.O=[N+]([O-])O.O=[N+]([O-])O.[Er+3]. The van der Waals surface area contributed by atoms with Gasteiger partial charge in [0.1, 0.15) is 0 Å². The zero-order valence-electron chi connectivity index (χ0n) is 7.92. The van der Waals surface area contributed by atoms with Crippen LogP contribution in [0.25, 0.3) is 0 Å². The fourth-order valence-electron chi connectivity index (χ4n) is 0. The van der Waals surface area contributed by atoms with E-state index in [2.05, 4.69) is 0 Å². The van der Waals surface area contributed by atoms with Crippen molar-refractivity contribution in [2.45, 2.75) is 0 Å². The molecule has 18 heteroatoms. The maximum atomic E-state index is 8.36. The molecule has 1 radical (unpaired) electrons. The second kappa shape index (κ2) is 57.4. The van der Waals surface area contributed by atoms with Crippen LogP contribution in [-0.2, 0) is 0 Å². The molecule has 0 saturated carbocycles. The van der Waals surface area contributed by atoms with Crippen LogP contribution in [0.5, 0.6) is 0 Å². The van der Waals surface area contributed by atoms with Crippen molar-refractivity contribution >= 4 is 0 Å². The van der Waals surface area contributed by atoms with Gasteiger partial charge in [0.25, 0.3) is 15.3 Å². The van der Waals surface area contributed by atoms with Gasteiger partial charge < -0.3 is 43.0 Å². The minimum absolute atomic E-state index is 0. The number of hydrogen-bond acceptors (Lipinski definition) is 6. The Hall–Kier alpha value is -1.35. The van der Waals surface area contributed by atoms with Crippen LogP contribution in [0, 0.1) is 67.6 Å². The van der Waals surface area contributed by atoms with Crippen LogP contribution in [0.1, 0.15) is 0 Å². The number of rotatable bonds is 0. The van der Waals surface area contributed by atoms with Gasteiger partial charge in [-0.25, -0.2) is 0 Å². The fourth-order valence-corrected chi connectivity index (χ4v) is 0. The average Bonchev–Trinajstić information content (AvgIpc) is 1.54. The predicted molar refractivity (Wildman–Crippen MR) is 44.4 cm³/mol. The third-order valence-corrected chi connectivity index (χ3v) is 0. The van der Waals surface area contributed by atoms with E-state index in [0.717, 1.165) is 0 Å². The van der Waals surface area contributed by atoms with E-state index < -0.39 is 15.3 Å². The van der Waals surface area contributed by atoms with Gasteiger partial charge >= 0.3 is 37.3 Å². The van der Waals surface area contributed by atoms with Gasteiger partial charge in [-0.2, -0.15) is 0 Å². The Kier molecular flexibility index (Phi) is 222. The molecule has 18 heavy (non-hydrogen) atoms. The van der Waals surface area contributed by atoms with Crippen LogP contribution in [0.3, 0.4) is 0 Å². The zero-order chi connectivity index (χ0) is 10.7. The van der Waals surface area contributed by atoms with Crippen molar-refractivity contribution in [2.75, 3.05) is 0 Å². The second-order valence-electron chi connectivity index (χ2n) is 0.714. The van der Waals surface area contributed by atoms with Crippen LogP contribution in [0.15, 0.2) is 0 Å². The molecular weight excluding hydrogens is 433 g/mol. The van der Waals surface area contributed by atoms with Gasteiger partial charge in [0, 0.05) is 0 Å². The molecule has 0 aliphatic carbocycles. The van der Waals surface area contributed by atoms with Crippen LogP contribution in [-0.4, -0.2) is 58.3 Å². The maximum Gasteiger partial charge on any atom is 3.00 e. The monoisotopic (exact) mass is 445 g/mol. The van der Waals surface area contributed by atoms with E-state index in [1.807, 2.05) is 0 Å². The second-order valence-corrected chi connectivity index (χ2v) is 0.714. The molecule has 0 fully saturated rings. The summed E-state index contributed by atoms with van der Waals surface area (Å²) in [4.78, 5) is 25.1. The minimum Gasteiger partial charge on any atom is -0.412 e. The molecule has 0 spiro atoms. The predicted octanol–water partition coefficient (Wildman–Crippen LogP) is -5.17. The molecule has 0 unspecified atom stereocenters. The number of hydrogen-bond donors (Lipinski definition) is 3. The quantitative estimate of drug-likeness (QED) is 0.236. The maximum absolute atomic E-state index is 8.36. The van der Waals surface area contributed by atoms with Crippen molar-refractivity contribution < 1.29 is 95.6 Å². The number of nitrogens with zero attached hydrogens (tertiary/aromatic N) is 3. The first-order valence-electron chi connectivity index (χ1n) is 1.70. The molecule has 13 N–H and O–H groups in total. The van der Waals surface area contributed by atoms with Gasteiger partial charge in [-0.05, 0) is 0 Å². The van der Waals surface area contributed by atoms with Crippen LogP contribution < -0.4 is 0 Å². The Labute approximate surface area is 126 Å². The van der Waals surface area contributed by atoms with Gasteiger partial charge in [-0.15, -0.1) is 30.3 Å². The molecule has 0 bridgehead atoms. The topological polar surface area (TPSA) is 348 Å². The summed E-state index contributed by atoms with van der Waals surface area (Å²) in [6.07, 6.45) is 0. The van der Waals surface area contributed by atoms with E-state index in [1.165, 1.54) is 0 Å². The van der Waals surface area contributed by atoms with Crippen molar-refractivity contribution in [3.8, 4) is 0 Å². The molecule has 17 nitrogen and oxygen atoms in total. The van der Waals surface area contributed by atoms with E-state index >= 15 is 0 Å². The van der Waals surface area contributed by atoms with E-state index in [1.54, 1.807) is 0 Å². The first kappa shape index (κ1) is 69.7. The van der Waals surface area contributed by atoms with Gasteiger partial charge in [-0.1, -0.05) is 0 Å². The first-order chi connectivity index (χ1) is 5.20. The van der Waals surface area contributed by atoms with Gasteiger partial charge in [0.2, 0.25) is 0 Å². The van der Waals surface area contributed by atoms with E-state index in [4.69, 9.17) is 46.0 Å². The summed E-state index contributed by atoms with van der Waals surface area (Å²) in [5.74, 6) is 0. The Bertz CT molecular complexity index is 115. The molecular formula is H13ErN3O14+3. The summed E-state index contributed by atoms with van der Waals surface area (Å²) < 4.78 is 0. The third-order valence-electron chi connectivity index (χ3n) is 0. The molecule has 0 aliphatic heterocycles. The minimum atomic E-state index is -1.50. The molecule has 0 rings (SSSR count). The van der Waals surface area contributed by atoms with Gasteiger partial charge in [0.05, 0.1) is 0 Å². The van der Waals surface area contributed by atoms with Crippen molar-refractivity contribution in [1.29, 1.82) is 0 Å². The largest absolute Gasteiger partial charge is 3.00 e. The molecule has 0 aromatic rings. The van der Waals surface area contributed by atoms with Gasteiger partial charge in [-0.3, -0.25) is 0 Å². The fraction of sp³-hybridized carbons (Fsp3) is 0. The zero-order valence-corrected chi connectivity index (χ0v) is 9.77. The van der Waals surface area contributed by atoms with E-state index in [0.29, 0.717) is 0 Å². The average molecular weight is 446 g/mol. The normalized spacial score (nSPS) is 4.00. The van der Waals surface area contributed by atoms with Crippen LogP contribution in [0.4, 0.5) is 0 Å². The summed E-state index contributed by atoms with van der Waals surface area (Å²) in [5.41, 5.74) is 0. The molecule has 0 amide bonds. The van der Waals surface area contributed by atoms with Crippen molar-refractivity contribution in [2.24, 2.45) is 0 Å². The molecule has 0 aromatic heterocycles. The Morgan fingerprint density at radius 1 is 0.556 bits per heavy atom. The van der Waals surface area contributed by atoms with Crippen molar-refractivity contribution in [3.63, 3.8) is 0 Å². The van der Waals surface area contributed by atoms with Crippen LogP contribution in [0.2, 0.25) is 0 Å². The summed E-state index contributed by atoms with van der Waals surface area (Å²) in [7, 11) is 0. The van der Waals surface area contributed by atoms with Crippen molar-refractivity contribution in [1.82, 2.24) is 0 Å². The summed E-state index contributed by atoms with van der Waals surface area (Å²) in [6.45, 7) is 0. The smallest absolute Gasteiger partial charge is 0.412 e. The summed E-state index contributed by atoms with van der Waals surface area (Å²) >= 11 is 0. The molecule has 0 atom stereocenters. The molecule has 0 saturated heterocycles. The molecule has 0 aliphatic rings. The third kappa shape index (κ3) is 1490. The Balaban J connectivity index is -0.00000000827. The Morgan fingerprint density at radius 2 is 0.556 bits per heavy atom. The Morgan fingerprint density at radius 3 is 0.556 bits per heavy atom.